The Bertz CT molecular complexity index is 1010. The number of imidazole rings is 1. The van der Waals surface area contributed by atoms with Crippen molar-refractivity contribution in [3.63, 3.8) is 0 Å². The van der Waals surface area contributed by atoms with E-state index in [2.05, 4.69) is 10.3 Å². The zero-order chi connectivity index (χ0) is 22.4. The lowest BCUT2D eigenvalue weighted by molar-refractivity contribution is -0.137. The molecule has 0 radical (unpaired) electrons. The van der Waals surface area contributed by atoms with Gasteiger partial charge in [0, 0.05) is 32.0 Å². The zero-order valence-corrected chi connectivity index (χ0v) is 17.8. The summed E-state index contributed by atoms with van der Waals surface area (Å²) in [6.07, 6.45) is 1.51. The van der Waals surface area contributed by atoms with E-state index in [-0.39, 0.29) is 16.5 Å². The normalized spacial score (nSPS) is 11.4. The van der Waals surface area contributed by atoms with Gasteiger partial charge >= 0.3 is 6.18 Å². The number of hydrogen-bond acceptors (Lipinski definition) is 2. The maximum atomic E-state index is 13.2. The first-order valence-corrected chi connectivity index (χ1v) is 10.1. The van der Waals surface area contributed by atoms with Gasteiger partial charge in [0.05, 0.1) is 22.6 Å². The van der Waals surface area contributed by atoms with Crippen molar-refractivity contribution in [2.75, 3.05) is 11.9 Å². The number of thiocarbonyl (C=S) groups is 1. The van der Waals surface area contributed by atoms with Crippen molar-refractivity contribution in [3.8, 4) is 0 Å². The lowest BCUT2D eigenvalue weighted by Gasteiger charge is -2.26. The topological polar surface area (TPSA) is 33.1 Å². The molecule has 0 fully saturated rings. The molecule has 2 aromatic carbocycles. The Hall–Kier alpha value is -2.65. The maximum Gasteiger partial charge on any atom is 0.416 e. The molecule has 164 valence electrons. The van der Waals surface area contributed by atoms with Gasteiger partial charge in [-0.2, -0.15) is 13.2 Å². The molecule has 1 N–H and O–H groups in total. The van der Waals surface area contributed by atoms with Crippen molar-refractivity contribution in [2.45, 2.75) is 25.7 Å². The average Bonchev–Trinajstić information content (AvgIpc) is 3.23. The first-order valence-electron chi connectivity index (χ1n) is 9.35. The minimum atomic E-state index is -4.48. The number of halogens is 5. The van der Waals surface area contributed by atoms with Crippen LogP contribution in [0.1, 0.15) is 17.5 Å². The SMILES string of the molecule is Fc1ccc(CN(CCCn2ccnc2)C(=S)Nc2ccc(C(F)(F)F)cc2Cl)cc1. The number of nitrogens with zero attached hydrogens (tertiary/aromatic N) is 3. The van der Waals surface area contributed by atoms with Crippen LogP contribution in [0.25, 0.3) is 0 Å². The Morgan fingerprint density at radius 3 is 2.52 bits per heavy atom. The average molecular weight is 471 g/mol. The lowest BCUT2D eigenvalue weighted by atomic mass is 10.2. The van der Waals surface area contributed by atoms with Crippen molar-refractivity contribution in [1.82, 2.24) is 14.5 Å². The molecule has 0 atom stereocenters. The van der Waals surface area contributed by atoms with Crippen molar-refractivity contribution >= 4 is 34.6 Å². The zero-order valence-electron chi connectivity index (χ0n) is 16.2. The third-order valence-electron chi connectivity index (χ3n) is 4.52. The first kappa shape index (κ1) is 23.0. The quantitative estimate of drug-likeness (QED) is 0.340. The fourth-order valence-electron chi connectivity index (χ4n) is 2.91. The Labute approximate surface area is 187 Å². The standard InChI is InChI=1S/C21H19ClF4N4S/c22-18-12-16(21(24,25)26)4-7-19(18)28-20(31)30(10-1-9-29-11-8-27-14-29)13-15-2-5-17(23)6-3-15/h2-8,11-12,14H,1,9-10,13H2,(H,28,31). The van der Waals surface area contributed by atoms with Crippen molar-refractivity contribution in [1.29, 1.82) is 0 Å². The molecular weight excluding hydrogens is 452 g/mol. The predicted octanol–water partition coefficient (Wildman–Crippen LogP) is 5.98. The molecule has 0 saturated carbocycles. The van der Waals surface area contributed by atoms with E-state index in [9.17, 15) is 17.6 Å². The van der Waals surface area contributed by atoms with Crippen LogP contribution in [0.4, 0.5) is 23.2 Å². The highest BCUT2D eigenvalue weighted by molar-refractivity contribution is 7.80. The summed E-state index contributed by atoms with van der Waals surface area (Å²) < 4.78 is 53.8. The number of alkyl halides is 3. The third kappa shape index (κ3) is 6.67. The fraction of sp³-hybridized carbons (Fsp3) is 0.238. The minimum absolute atomic E-state index is 0.0858. The molecule has 0 aliphatic rings. The molecule has 0 spiro atoms. The van der Waals surface area contributed by atoms with Gasteiger partial charge in [-0.3, -0.25) is 0 Å². The van der Waals surface area contributed by atoms with Gasteiger partial charge in [0.1, 0.15) is 5.82 Å². The van der Waals surface area contributed by atoms with Crippen LogP contribution in [0.2, 0.25) is 5.02 Å². The Morgan fingerprint density at radius 2 is 1.90 bits per heavy atom. The summed E-state index contributed by atoms with van der Waals surface area (Å²) >= 11 is 11.5. The van der Waals surface area contributed by atoms with E-state index >= 15 is 0 Å². The smallest absolute Gasteiger partial charge is 0.345 e. The molecule has 31 heavy (non-hydrogen) atoms. The van der Waals surface area contributed by atoms with E-state index in [1.807, 2.05) is 15.7 Å². The van der Waals surface area contributed by atoms with Crippen LogP contribution in [0, 0.1) is 5.82 Å². The van der Waals surface area contributed by atoms with Crippen LogP contribution in [0.15, 0.2) is 61.2 Å². The highest BCUT2D eigenvalue weighted by Gasteiger charge is 2.31. The molecule has 0 amide bonds. The Balaban J connectivity index is 1.71. The number of aryl methyl sites for hydroxylation is 1. The van der Waals surface area contributed by atoms with Gasteiger partial charge in [-0.05, 0) is 54.5 Å². The predicted molar refractivity (Wildman–Crippen MR) is 116 cm³/mol. The number of aromatic nitrogens is 2. The largest absolute Gasteiger partial charge is 0.416 e. The van der Waals surface area contributed by atoms with Gasteiger partial charge in [-0.1, -0.05) is 23.7 Å². The van der Waals surface area contributed by atoms with Gasteiger partial charge < -0.3 is 14.8 Å². The van der Waals surface area contributed by atoms with Crippen LogP contribution in [0.3, 0.4) is 0 Å². The van der Waals surface area contributed by atoms with E-state index in [1.54, 1.807) is 24.7 Å². The van der Waals surface area contributed by atoms with Gasteiger partial charge in [0.2, 0.25) is 0 Å². The van der Waals surface area contributed by atoms with E-state index in [0.717, 1.165) is 24.1 Å². The summed E-state index contributed by atoms with van der Waals surface area (Å²) in [7, 11) is 0. The molecule has 0 saturated heterocycles. The fourth-order valence-corrected chi connectivity index (χ4v) is 3.41. The second-order valence-corrected chi connectivity index (χ2v) is 7.62. The summed E-state index contributed by atoms with van der Waals surface area (Å²) in [5, 5.41) is 3.15. The first-order chi connectivity index (χ1) is 14.7. The third-order valence-corrected chi connectivity index (χ3v) is 5.19. The lowest BCUT2D eigenvalue weighted by Crippen LogP contribution is -2.35. The van der Waals surface area contributed by atoms with Gasteiger partial charge in [0.15, 0.2) is 5.11 Å². The molecule has 3 rings (SSSR count). The highest BCUT2D eigenvalue weighted by atomic mass is 35.5. The second kappa shape index (κ2) is 10.1. The molecule has 1 aromatic heterocycles. The molecule has 3 aromatic rings. The Morgan fingerprint density at radius 1 is 1.16 bits per heavy atom. The number of benzene rings is 2. The maximum absolute atomic E-state index is 13.2. The molecule has 4 nitrogen and oxygen atoms in total. The van der Waals surface area contributed by atoms with Crippen LogP contribution >= 0.6 is 23.8 Å². The van der Waals surface area contributed by atoms with Gasteiger partial charge in [0.25, 0.3) is 0 Å². The van der Waals surface area contributed by atoms with Gasteiger partial charge in [-0.25, -0.2) is 9.37 Å². The van der Waals surface area contributed by atoms with Crippen molar-refractivity contribution in [3.05, 3.63) is 83.2 Å². The highest BCUT2D eigenvalue weighted by Crippen LogP contribution is 2.33. The molecular formula is C21H19ClF4N4S. The summed E-state index contributed by atoms with van der Waals surface area (Å²) in [5.41, 5.74) is 0.280. The van der Waals surface area contributed by atoms with E-state index in [0.29, 0.717) is 24.7 Å². The monoisotopic (exact) mass is 470 g/mol. The molecule has 0 aliphatic carbocycles. The van der Waals surface area contributed by atoms with Crippen LogP contribution in [0.5, 0.6) is 0 Å². The Kier molecular flexibility index (Phi) is 7.50. The van der Waals surface area contributed by atoms with Crippen molar-refractivity contribution in [2.24, 2.45) is 0 Å². The number of nitrogens with one attached hydrogen (secondary N) is 1. The molecule has 1 heterocycles. The van der Waals surface area contributed by atoms with Crippen LogP contribution < -0.4 is 5.32 Å². The molecule has 0 unspecified atom stereocenters. The summed E-state index contributed by atoms with van der Waals surface area (Å²) in [4.78, 5) is 5.86. The summed E-state index contributed by atoms with van der Waals surface area (Å²) in [5.74, 6) is -0.340. The minimum Gasteiger partial charge on any atom is -0.345 e. The van der Waals surface area contributed by atoms with Crippen LogP contribution in [-0.2, 0) is 19.3 Å². The molecule has 10 heteroatoms. The van der Waals surface area contributed by atoms with Crippen LogP contribution in [-0.4, -0.2) is 26.1 Å². The molecule has 0 bridgehead atoms. The summed E-state index contributed by atoms with van der Waals surface area (Å²) in [6, 6.07) is 9.09. The summed E-state index contributed by atoms with van der Waals surface area (Å²) in [6.45, 7) is 1.66. The molecule has 0 aliphatic heterocycles. The number of anilines is 1. The second-order valence-electron chi connectivity index (χ2n) is 6.82. The number of rotatable bonds is 7. The van der Waals surface area contributed by atoms with Gasteiger partial charge in [-0.15, -0.1) is 0 Å². The van der Waals surface area contributed by atoms with E-state index < -0.39 is 11.7 Å². The van der Waals surface area contributed by atoms with Crippen molar-refractivity contribution < 1.29 is 17.6 Å². The van der Waals surface area contributed by atoms with E-state index in [1.165, 1.54) is 18.2 Å². The van der Waals surface area contributed by atoms with E-state index in [4.69, 9.17) is 23.8 Å². The number of hydrogen-bond donors (Lipinski definition) is 1.